The number of hydrogen-bond acceptors (Lipinski definition) is 8. The molecule has 0 bridgehead atoms. The van der Waals surface area contributed by atoms with E-state index in [1.807, 2.05) is 30.3 Å². The number of carbonyl (C=O) groups is 2. The second kappa shape index (κ2) is 13.7. The van der Waals surface area contributed by atoms with Crippen LogP contribution in [0, 0.1) is 0 Å². The Hall–Kier alpha value is -4.46. The first kappa shape index (κ1) is 33.4. The monoisotopic (exact) mass is 656 g/mol. The summed E-state index contributed by atoms with van der Waals surface area (Å²) in [6.45, 7) is 7.80. The maximum atomic E-state index is 12.9. The third kappa shape index (κ3) is 8.81. The summed E-state index contributed by atoms with van der Waals surface area (Å²) >= 11 is 0. The Kier molecular flexibility index (Phi) is 10.2. The molecule has 12 nitrogen and oxygen atoms in total. The molecule has 5 N–H and O–H groups in total. The van der Waals surface area contributed by atoms with Crippen molar-refractivity contribution in [3.8, 4) is 5.75 Å². The van der Waals surface area contributed by atoms with E-state index in [0.717, 1.165) is 28.0 Å². The first-order chi connectivity index (χ1) is 20.8. The Labute approximate surface area is 268 Å². The molecule has 0 atom stereocenters. The summed E-state index contributed by atoms with van der Waals surface area (Å²) in [7, 11) is -3.73. The summed E-state index contributed by atoms with van der Waals surface area (Å²) in [4.78, 5) is 32.3. The Morgan fingerprint density at radius 2 is 1.56 bits per heavy atom. The molecule has 2 amide bonds. The van der Waals surface area contributed by atoms with E-state index in [1.54, 1.807) is 56.1 Å². The van der Waals surface area contributed by atoms with Crippen LogP contribution in [0.3, 0.4) is 0 Å². The predicted octanol–water partition coefficient (Wildman–Crippen LogP) is 5.06. The number of nitrogens with zero attached hydrogens (tertiary/aromatic N) is 2. The van der Waals surface area contributed by atoms with Crippen molar-refractivity contribution in [1.29, 1.82) is 0 Å². The van der Waals surface area contributed by atoms with Crippen LogP contribution < -0.4 is 25.4 Å². The number of carbonyl (C=O) groups excluding carboxylic acids is 2. The van der Waals surface area contributed by atoms with Gasteiger partial charge in [0, 0.05) is 60.3 Å². The van der Waals surface area contributed by atoms with Gasteiger partial charge in [-0.1, -0.05) is 0 Å². The summed E-state index contributed by atoms with van der Waals surface area (Å²) in [5.41, 5.74) is 3.39. The molecule has 1 fully saturated rings. The number of fused-ring (bicyclic) bond motifs is 1. The molecule has 1 aromatic heterocycles. The third-order valence-electron chi connectivity index (χ3n) is 6.99. The van der Waals surface area contributed by atoms with E-state index >= 15 is 0 Å². The Bertz CT molecular complexity index is 1750. The molecule has 14 heteroatoms. The van der Waals surface area contributed by atoms with Crippen molar-refractivity contribution in [2.75, 3.05) is 48.3 Å². The van der Waals surface area contributed by atoms with Gasteiger partial charge in [-0.25, -0.2) is 18.4 Å². The Morgan fingerprint density at radius 3 is 2.16 bits per heavy atom. The van der Waals surface area contributed by atoms with E-state index in [4.69, 9.17) is 14.6 Å². The zero-order chi connectivity index (χ0) is 31.5. The van der Waals surface area contributed by atoms with Gasteiger partial charge in [0.1, 0.15) is 11.4 Å². The SMILES string of the molecule is CC(C)(C)OC(=O)Nc1c[nH]c2ccc(OCC(=O)N3CCN(c4ccc(Nc5ccc(S(N)(=O)=O)cc5)cc4)CC3)cc12.Cl. The van der Waals surface area contributed by atoms with Crippen LogP contribution in [-0.4, -0.2) is 68.7 Å². The average Bonchev–Trinajstić information content (AvgIpc) is 3.37. The van der Waals surface area contributed by atoms with Crippen molar-refractivity contribution < 1.29 is 27.5 Å². The molecule has 45 heavy (non-hydrogen) atoms. The van der Waals surface area contributed by atoms with Crippen LogP contribution in [0.1, 0.15) is 20.8 Å². The summed E-state index contributed by atoms with van der Waals surface area (Å²) in [6, 6.07) is 19.5. The van der Waals surface area contributed by atoms with Crippen LogP contribution >= 0.6 is 12.4 Å². The van der Waals surface area contributed by atoms with Crippen LogP contribution in [0.15, 0.2) is 77.8 Å². The molecule has 240 valence electrons. The first-order valence-electron chi connectivity index (χ1n) is 14.1. The summed E-state index contributed by atoms with van der Waals surface area (Å²) in [5.74, 6) is 0.421. The topological polar surface area (TPSA) is 159 Å². The number of anilines is 4. The van der Waals surface area contributed by atoms with Crippen LogP contribution in [0.2, 0.25) is 0 Å². The van der Waals surface area contributed by atoms with Gasteiger partial charge in [-0.3, -0.25) is 10.1 Å². The lowest BCUT2D eigenvalue weighted by Crippen LogP contribution is -2.50. The number of amides is 2. The minimum atomic E-state index is -3.73. The van der Waals surface area contributed by atoms with Gasteiger partial charge < -0.3 is 29.6 Å². The highest BCUT2D eigenvalue weighted by atomic mass is 35.5. The van der Waals surface area contributed by atoms with Crippen molar-refractivity contribution in [3.63, 3.8) is 0 Å². The molecule has 0 unspecified atom stereocenters. The highest BCUT2D eigenvalue weighted by Crippen LogP contribution is 2.28. The maximum absolute atomic E-state index is 12.9. The molecule has 5 rings (SSSR count). The van der Waals surface area contributed by atoms with E-state index in [2.05, 4.69) is 20.5 Å². The molecule has 0 saturated carbocycles. The minimum absolute atomic E-state index is 0. The highest BCUT2D eigenvalue weighted by Gasteiger charge is 2.22. The lowest BCUT2D eigenvalue weighted by Gasteiger charge is -2.36. The van der Waals surface area contributed by atoms with Gasteiger partial charge in [0.2, 0.25) is 10.0 Å². The smallest absolute Gasteiger partial charge is 0.412 e. The maximum Gasteiger partial charge on any atom is 0.412 e. The fourth-order valence-corrected chi connectivity index (χ4v) is 5.32. The van der Waals surface area contributed by atoms with Crippen molar-refractivity contribution in [3.05, 3.63) is 72.9 Å². The number of nitrogens with one attached hydrogen (secondary N) is 3. The normalized spacial score (nSPS) is 13.6. The molecule has 1 aliphatic heterocycles. The molecule has 2 heterocycles. The fraction of sp³-hybridized carbons (Fsp3) is 0.290. The Morgan fingerprint density at radius 1 is 0.933 bits per heavy atom. The number of halogens is 1. The largest absolute Gasteiger partial charge is 0.484 e. The number of H-pyrrole nitrogens is 1. The fourth-order valence-electron chi connectivity index (χ4n) is 4.81. The molecule has 0 radical (unpaired) electrons. The number of ether oxygens (including phenoxy) is 2. The number of primary sulfonamides is 1. The zero-order valence-corrected chi connectivity index (χ0v) is 26.8. The van der Waals surface area contributed by atoms with E-state index < -0.39 is 21.7 Å². The first-order valence-corrected chi connectivity index (χ1v) is 15.7. The van der Waals surface area contributed by atoms with E-state index in [1.165, 1.54) is 12.1 Å². The second-order valence-electron chi connectivity index (χ2n) is 11.4. The van der Waals surface area contributed by atoms with E-state index in [-0.39, 0.29) is 29.8 Å². The zero-order valence-electron chi connectivity index (χ0n) is 25.2. The highest BCUT2D eigenvalue weighted by molar-refractivity contribution is 7.89. The lowest BCUT2D eigenvalue weighted by molar-refractivity contribution is -0.133. The van der Waals surface area contributed by atoms with Gasteiger partial charge in [-0.15, -0.1) is 12.4 Å². The number of hydrogen-bond donors (Lipinski definition) is 4. The molecule has 4 aromatic rings. The van der Waals surface area contributed by atoms with Gasteiger partial charge in [-0.2, -0.15) is 0 Å². The number of rotatable bonds is 8. The third-order valence-corrected chi connectivity index (χ3v) is 7.92. The molecule has 0 spiro atoms. The number of nitrogens with two attached hydrogens (primary N) is 1. The van der Waals surface area contributed by atoms with E-state index in [0.29, 0.717) is 37.6 Å². The summed E-state index contributed by atoms with van der Waals surface area (Å²) < 4.78 is 34.1. The van der Waals surface area contributed by atoms with Gasteiger partial charge in [-0.05, 0) is 87.5 Å². The van der Waals surface area contributed by atoms with Crippen LogP contribution in [0.4, 0.5) is 27.5 Å². The molecule has 1 saturated heterocycles. The summed E-state index contributed by atoms with van der Waals surface area (Å²) in [6.07, 6.45) is 1.13. The quantitative estimate of drug-likeness (QED) is 0.205. The minimum Gasteiger partial charge on any atom is -0.484 e. The number of piperazine rings is 1. The number of aromatic nitrogens is 1. The summed E-state index contributed by atoms with van der Waals surface area (Å²) in [5, 5.41) is 11.9. The second-order valence-corrected chi connectivity index (χ2v) is 13.0. The van der Waals surface area contributed by atoms with Crippen molar-refractivity contribution in [2.45, 2.75) is 31.3 Å². The van der Waals surface area contributed by atoms with Crippen LogP contribution in [0.25, 0.3) is 10.9 Å². The number of sulfonamides is 1. The van der Waals surface area contributed by atoms with Crippen molar-refractivity contribution >= 4 is 68.1 Å². The van der Waals surface area contributed by atoms with Gasteiger partial charge in [0.15, 0.2) is 6.61 Å². The Balaban J connectivity index is 0.00000461. The van der Waals surface area contributed by atoms with Crippen LogP contribution in [0.5, 0.6) is 5.75 Å². The van der Waals surface area contributed by atoms with Crippen molar-refractivity contribution in [1.82, 2.24) is 9.88 Å². The van der Waals surface area contributed by atoms with Gasteiger partial charge in [0.25, 0.3) is 5.91 Å². The van der Waals surface area contributed by atoms with Crippen LogP contribution in [-0.2, 0) is 19.6 Å². The van der Waals surface area contributed by atoms with E-state index in [9.17, 15) is 18.0 Å². The number of benzene rings is 3. The van der Waals surface area contributed by atoms with Gasteiger partial charge >= 0.3 is 6.09 Å². The number of aromatic amines is 1. The molecular weight excluding hydrogens is 620 g/mol. The predicted molar refractivity (Wildman–Crippen MR) is 177 cm³/mol. The van der Waals surface area contributed by atoms with Gasteiger partial charge in [0.05, 0.1) is 10.6 Å². The lowest BCUT2D eigenvalue weighted by atomic mass is 10.2. The van der Waals surface area contributed by atoms with Crippen molar-refractivity contribution in [2.24, 2.45) is 5.14 Å². The molecular formula is C31H37ClN6O6S. The molecule has 3 aromatic carbocycles. The molecule has 1 aliphatic rings. The molecule has 0 aliphatic carbocycles. The standard InChI is InChI=1S/C31H36N6O6S.ClH/c1-31(2,3)43-30(39)35-28-19-33-27-13-10-24(18-26(27)28)42-20-29(38)37-16-14-36(15-17-37)23-8-4-21(5-9-23)34-22-6-11-25(12-7-22)44(32,40)41;/h4-13,18-19,33-34H,14-17,20H2,1-3H3,(H,35,39)(H2,32,40,41);1H. The average molecular weight is 657 g/mol.